The van der Waals surface area contributed by atoms with Crippen LogP contribution in [-0.4, -0.2) is 32.7 Å². The van der Waals surface area contributed by atoms with Gasteiger partial charge in [0.1, 0.15) is 6.33 Å². The van der Waals surface area contributed by atoms with Crippen LogP contribution >= 0.6 is 0 Å². The highest BCUT2D eigenvalue weighted by Gasteiger charge is 2.59. The predicted octanol–water partition coefficient (Wildman–Crippen LogP) is 2.90. The molecule has 3 fully saturated rings. The van der Waals surface area contributed by atoms with E-state index in [2.05, 4.69) is 34.7 Å². The van der Waals surface area contributed by atoms with Crippen molar-refractivity contribution < 1.29 is 4.79 Å². The summed E-state index contributed by atoms with van der Waals surface area (Å²) in [5.41, 5.74) is 1.90. The van der Waals surface area contributed by atoms with Crippen LogP contribution in [0.25, 0.3) is 0 Å². The van der Waals surface area contributed by atoms with E-state index in [1.165, 1.54) is 37.7 Å². The molecule has 1 aromatic heterocycles. The van der Waals surface area contributed by atoms with E-state index < -0.39 is 0 Å². The smallest absolute Gasteiger partial charge is 0.243 e. The Kier molecular flexibility index (Phi) is 3.57. The number of nitrogens with zero attached hydrogens (tertiary/aromatic N) is 4. The Morgan fingerprint density at radius 3 is 2.85 bits per heavy atom. The number of carbonyl (C=O) groups excluding carboxylic acids is 1. The lowest BCUT2D eigenvalue weighted by Gasteiger charge is -2.57. The van der Waals surface area contributed by atoms with Gasteiger partial charge in [0.15, 0.2) is 0 Å². The first kappa shape index (κ1) is 16.5. The monoisotopic (exact) mass is 355 g/mol. The van der Waals surface area contributed by atoms with Gasteiger partial charge in [-0.15, -0.1) is 5.10 Å². The predicted molar refractivity (Wildman–Crippen MR) is 96.9 cm³/mol. The summed E-state index contributed by atoms with van der Waals surface area (Å²) in [4.78, 5) is 12.0. The topological polar surface area (TPSA) is 72.7 Å². The Balaban J connectivity index is 1.48. The number of carbonyl (C=O) groups is 1. The molecule has 140 valence electrons. The summed E-state index contributed by atoms with van der Waals surface area (Å²) in [6.07, 6.45) is 12.1. The van der Waals surface area contributed by atoms with Crippen LogP contribution in [0.15, 0.2) is 18.0 Å². The SMILES string of the molecule is C[C@]12CCNC(=O)C=C1CC[C@@H]1[C@@H]2CC[C@]2(C)C(n3cnnn3)CC[C@@H]12. The van der Waals surface area contributed by atoms with Crippen LogP contribution < -0.4 is 5.32 Å². The van der Waals surface area contributed by atoms with Gasteiger partial charge in [0.25, 0.3) is 0 Å². The number of nitrogens with one attached hydrogen (secondary N) is 1. The summed E-state index contributed by atoms with van der Waals surface area (Å²) in [6.45, 7) is 5.74. The van der Waals surface area contributed by atoms with Crippen LogP contribution in [0.4, 0.5) is 0 Å². The number of tetrazole rings is 1. The number of amides is 1. The standard InChI is InChI=1S/C20H29N5O/c1-19-9-10-21-18(26)11-13(19)3-4-14-15-5-6-17(25-12-22-23-24-25)20(15,2)8-7-16(14)19/h11-12,14-17H,3-10H2,1-2H3,(H,21,26)/t14-,15-,16-,17?,19-,20-/m0/s1. The summed E-state index contributed by atoms with van der Waals surface area (Å²) in [5.74, 6) is 2.34. The van der Waals surface area contributed by atoms with Crippen LogP contribution in [0.3, 0.4) is 0 Å². The molecule has 2 heterocycles. The maximum absolute atomic E-state index is 12.0. The lowest BCUT2D eigenvalue weighted by molar-refractivity contribution is -0.116. The molecule has 6 nitrogen and oxygen atoms in total. The van der Waals surface area contributed by atoms with E-state index in [-0.39, 0.29) is 11.3 Å². The lowest BCUT2D eigenvalue weighted by atomic mass is 9.48. The van der Waals surface area contributed by atoms with Crippen LogP contribution in [0.2, 0.25) is 0 Å². The van der Waals surface area contributed by atoms with Gasteiger partial charge >= 0.3 is 0 Å². The molecule has 0 saturated heterocycles. The maximum Gasteiger partial charge on any atom is 0.243 e. The number of rotatable bonds is 1. The van der Waals surface area contributed by atoms with Crippen molar-refractivity contribution in [2.75, 3.05) is 6.54 Å². The normalized spacial score (nSPS) is 45.0. The molecule has 1 aliphatic heterocycles. The Bertz CT molecular complexity index is 743. The van der Waals surface area contributed by atoms with Crippen LogP contribution in [0, 0.1) is 28.6 Å². The van der Waals surface area contributed by atoms with Crippen LogP contribution in [0.1, 0.15) is 64.8 Å². The number of hydrogen-bond acceptors (Lipinski definition) is 4. The number of allylic oxidation sites excluding steroid dienone is 1. The molecule has 6 heteroatoms. The van der Waals surface area contributed by atoms with Gasteiger partial charge in [-0.1, -0.05) is 19.4 Å². The average Bonchev–Trinajstić information content (AvgIpc) is 3.20. The molecule has 1 N–H and O–H groups in total. The fourth-order valence-electron chi connectivity index (χ4n) is 7.28. The van der Waals surface area contributed by atoms with Crippen molar-refractivity contribution in [2.45, 2.75) is 64.8 Å². The minimum absolute atomic E-state index is 0.113. The van der Waals surface area contributed by atoms with E-state index in [4.69, 9.17) is 0 Å². The molecule has 3 saturated carbocycles. The Morgan fingerprint density at radius 2 is 2.04 bits per heavy atom. The third-order valence-electron chi connectivity index (χ3n) is 8.62. The van der Waals surface area contributed by atoms with Crippen molar-refractivity contribution >= 4 is 5.91 Å². The van der Waals surface area contributed by atoms with E-state index >= 15 is 0 Å². The summed E-state index contributed by atoms with van der Waals surface area (Å²) >= 11 is 0. The van der Waals surface area contributed by atoms with Crippen molar-refractivity contribution in [1.82, 2.24) is 25.5 Å². The third-order valence-corrected chi connectivity index (χ3v) is 8.62. The second kappa shape index (κ2) is 5.64. The summed E-state index contributed by atoms with van der Waals surface area (Å²) in [5, 5.41) is 15.1. The van der Waals surface area contributed by atoms with E-state index in [0.29, 0.717) is 17.4 Å². The molecule has 3 aliphatic carbocycles. The maximum atomic E-state index is 12.0. The number of hydrogen-bond donors (Lipinski definition) is 1. The van der Waals surface area contributed by atoms with E-state index in [0.717, 1.165) is 31.2 Å². The van der Waals surface area contributed by atoms with Gasteiger partial charge in [0.05, 0.1) is 6.04 Å². The highest BCUT2D eigenvalue weighted by Crippen LogP contribution is 2.66. The lowest BCUT2D eigenvalue weighted by Crippen LogP contribution is -2.50. The fraction of sp³-hybridized carbons (Fsp3) is 0.800. The quantitative estimate of drug-likeness (QED) is 0.841. The molecule has 0 aromatic carbocycles. The molecule has 0 spiro atoms. The molecule has 4 aliphatic rings. The Hall–Kier alpha value is -1.72. The molecular weight excluding hydrogens is 326 g/mol. The number of fused-ring (bicyclic) bond motifs is 5. The third kappa shape index (κ3) is 2.16. The van der Waals surface area contributed by atoms with Crippen molar-refractivity contribution in [3.8, 4) is 0 Å². The van der Waals surface area contributed by atoms with Crippen molar-refractivity contribution in [3.05, 3.63) is 18.0 Å². The van der Waals surface area contributed by atoms with Gasteiger partial charge in [-0.05, 0) is 84.0 Å². The van der Waals surface area contributed by atoms with Gasteiger partial charge < -0.3 is 5.32 Å². The van der Waals surface area contributed by atoms with Gasteiger partial charge in [0, 0.05) is 12.6 Å². The first-order chi connectivity index (χ1) is 12.5. The summed E-state index contributed by atoms with van der Waals surface area (Å²) in [7, 11) is 0. The zero-order valence-electron chi connectivity index (χ0n) is 15.8. The minimum Gasteiger partial charge on any atom is -0.353 e. The minimum atomic E-state index is 0.113. The first-order valence-electron chi connectivity index (χ1n) is 10.2. The summed E-state index contributed by atoms with van der Waals surface area (Å²) in [6, 6.07) is 0.436. The zero-order valence-corrected chi connectivity index (χ0v) is 15.8. The fourth-order valence-corrected chi connectivity index (χ4v) is 7.28. The highest BCUT2D eigenvalue weighted by atomic mass is 16.1. The number of aromatic nitrogens is 4. The van der Waals surface area contributed by atoms with E-state index in [1.807, 2.05) is 10.8 Å². The Labute approximate surface area is 154 Å². The van der Waals surface area contributed by atoms with Crippen LogP contribution in [0.5, 0.6) is 0 Å². The Morgan fingerprint density at radius 1 is 1.15 bits per heavy atom. The van der Waals surface area contributed by atoms with Crippen molar-refractivity contribution in [2.24, 2.45) is 28.6 Å². The molecule has 1 amide bonds. The average molecular weight is 355 g/mol. The van der Waals surface area contributed by atoms with E-state index in [9.17, 15) is 4.79 Å². The molecule has 1 aromatic rings. The first-order valence-corrected chi connectivity index (χ1v) is 10.2. The van der Waals surface area contributed by atoms with Gasteiger partial charge in [-0.25, -0.2) is 4.68 Å². The van der Waals surface area contributed by atoms with Gasteiger partial charge in [-0.3, -0.25) is 4.79 Å². The molecule has 0 bridgehead atoms. The van der Waals surface area contributed by atoms with Gasteiger partial charge in [-0.2, -0.15) is 0 Å². The second-order valence-corrected chi connectivity index (χ2v) is 9.47. The second-order valence-electron chi connectivity index (χ2n) is 9.47. The highest BCUT2D eigenvalue weighted by molar-refractivity contribution is 5.88. The molecule has 6 atom stereocenters. The van der Waals surface area contributed by atoms with Crippen LogP contribution in [-0.2, 0) is 4.79 Å². The molecule has 26 heavy (non-hydrogen) atoms. The molecule has 5 rings (SSSR count). The molecular formula is C20H29N5O. The molecule has 0 radical (unpaired) electrons. The van der Waals surface area contributed by atoms with Crippen molar-refractivity contribution in [1.29, 1.82) is 0 Å². The van der Waals surface area contributed by atoms with E-state index in [1.54, 1.807) is 6.33 Å². The summed E-state index contributed by atoms with van der Waals surface area (Å²) < 4.78 is 2.02. The molecule has 1 unspecified atom stereocenters. The zero-order chi connectivity index (χ0) is 17.9. The van der Waals surface area contributed by atoms with Crippen molar-refractivity contribution in [3.63, 3.8) is 0 Å². The largest absolute Gasteiger partial charge is 0.353 e. The van der Waals surface area contributed by atoms with Gasteiger partial charge in [0.2, 0.25) is 5.91 Å².